The van der Waals surface area contributed by atoms with Gasteiger partial charge >= 0.3 is 0 Å². The summed E-state index contributed by atoms with van der Waals surface area (Å²) in [7, 11) is 1.68. The third-order valence-corrected chi connectivity index (χ3v) is 3.51. The molecular weight excluding hydrogens is 226 g/mol. The number of methoxy groups -OCH3 is 1. The number of benzene rings is 1. The molecule has 3 rings (SSSR count). The van der Waals surface area contributed by atoms with Crippen LogP contribution in [0.2, 0.25) is 0 Å². The lowest BCUT2D eigenvalue weighted by Crippen LogP contribution is -2.18. The average Bonchev–Trinajstić information content (AvgIpc) is 2.81. The maximum atomic E-state index is 5.26. The molecule has 1 atom stereocenters. The van der Waals surface area contributed by atoms with Crippen LogP contribution in [0.4, 0.5) is 0 Å². The molecule has 0 bridgehead atoms. The van der Waals surface area contributed by atoms with Crippen LogP contribution < -0.4 is 4.74 Å². The minimum absolute atomic E-state index is 0.692. The third kappa shape index (κ3) is 1.88. The normalized spacial score (nSPS) is 18.4. The highest BCUT2D eigenvalue weighted by atomic mass is 16.5. The number of nitrogens with zero attached hydrogens (tertiary/aromatic N) is 3. The molecule has 4 heteroatoms. The Morgan fingerprint density at radius 3 is 3.06 bits per heavy atom. The molecule has 0 radical (unpaired) electrons. The second-order valence-corrected chi connectivity index (χ2v) is 4.93. The molecule has 0 amide bonds. The molecule has 0 spiro atoms. The van der Waals surface area contributed by atoms with Gasteiger partial charge in [0.15, 0.2) is 5.82 Å². The fourth-order valence-corrected chi connectivity index (χ4v) is 2.47. The van der Waals surface area contributed by atoms with Gasteiger partial charge in [0.05, 0.1) is 7.11 Å². The van der Waals surface area contributed by atoms with Crippen LogP contribution in [-0.2, 0) is 13.0 Å². The van der Waals surface area contributed by atoms with E-state index in [-0.39, 0.29) is 0 Å². The fraction of sp³-hybridized carbons (Fsp3) is 0.429. The Morgan fingerprint density at radius 1 is 1.33 bits per heavy atom. The summed E-state index contributed by atoms with van der Waals surface area (Å²) in [5.41, 5.74) is 1.07. The summed E-state index contributed by atoms with van der Waals surface area (Å²) >= 11 is 0. The van der Waals surface area contributed by atoms with Crippen molar-refractivity contribution in [2.24, 2.45) is 5.92 Å². The Balaban J connectivity index is 2.04. The Bertz CT molecular complexity index is 562. The van der Waals surface area contributed by atoms with E-state index in [2.05, 4.69) is 27.8 Å². The minimum atomic E-state index is 0.692. The molecule has 2 heterocycles. The zero-order valence-electron chi connectivity index (χ0n) is 10.8. The van der Waals surface area contributed by atoms with Crippen LogP contribution in [0.5, 0.6) is 5.75 Å². The summed E-state index contributed by atoms with van der Waals surface area (Å²) in [4.78, 5) is 0. The Kier molecular flexibility index (Phi) is 2.78. The van der Waals surface area contributed by atoms with Gasteiger partial charge < -0.3 is 9.30 Å². The van der Waals surface area contributed by atoms with Crippen LogP contribution in [0.3, 0.4) is 0 Å². The van der Waals surface area contributed by atoms with Crippen molar-refractivity contribution in [1.82, 2.24) is 14.8 Å². The van der Waals surface area contributed by atoms with E-state index in [0.29, 0.717) is 5.92 Å². The number of aromatic nitrogens is 3. The topological polar surface area (TPSA) is 39.9 Å². The number of fused-ring (bicyclic) bond motifs is 1. The molecule has 1 aromatic carbocycles. The summed E-state index contributed by atoms with van der Waals surface area (Å²) < 4.78 is 7.50. The van der Waals surface area contributed by atoms with E-state index >= 15 is 0 Å². The van der Waals surface area contributed by atoms with Gasteiger partial charge in [-0.2, -0.15) is 0 Å². The van der Waals surface area contributed by atoms with Crippen molar-refractivity contribution in [3.05, 3.63) is 30.1 Å². The first kappa shape index (κ1) is 11.3. The fourth-order valence-electron chi connectivity index (χ4n) is 2.47. The van der Waals surface area contributed by atoms with E-state index in [0.717, 1.165) is 35.9 Å². The maximum absolute atomic E-state index is 5.26. The van der Waals surface area contributed by atoms with Crippen LogP contribution >= 0.6 is 0 Å². The van der Waals surface area contributed by atoms with E-state index in [4.69, 9.17) is 4.74 Å². The van der Waals surface area contributed by atoms with Gasteiger partial charge in [0.2, 0.25) is 0 Å². The van der Waals surface area contributed by atoms with E-state index in [1.165, 1.54) is 6.42 Å². The van der Waals surface area contributed by atoms with Gasteiger partial charge in [0.1, 0.15) is 11.6 Å². The monoisotopic (exact) mass is 243 g/mol. The van der Waals surface area contributed by atoms with Gasteiger partial charge in [-0.15, -0.1) is 10.2 Å². The summed E-state index contributed by atoms with van der Waals surface area (Å²) in [6, 6.07) is 8.00. The Morgan fingerprint density at radius 2 is 2.22 bits per heavy atom. The zero-order valence-corrected chi connectivity index (χ0v) is 10.8. The van der Waals surface area contributed by atoms with E-state index < -0.39 is 0 Å². The molecule has 0 saturated heterocycles. The minimum Gasteiger partial charge on any atom is -0.497 e. The molecule has 1 aromatic heterocycles. The van der Waals surface area contributed by atoms with Crippen molar-refractivity contribution in [1.29, 1.82) is 0 Å². The van der Waals surface area contributed by atoms with Crippen molar-refractivity contribution < 1.29 is 4.74 Å². The van der Waals surface area contributed by atoms with Crippen LogP contribution in [0.15, 0.2) is 24.3 Å². The van der Waals surface area contributed by atoms with Crippen molar-refractivity contribution in [3.8, 4) is 17.1 Å². The lowest BCUT2D eigenvalue weighted by molar-refractivity contribution is 0.396. The number of aryl methyl sites for hydroxylation is 1. The summed E-state index contributed by atoms with van der Waals surface area (Å²) in [5, 5.41) is 8.63. The number of ether oxygens (including phenoxy) is 1. The van der Waals surface area contributed by atoms with Gasteiger partial charge in [0.25, 0.3) is 0 Å². The van der Waals surface area contributed by atoms with E-state index in [1.807, 2.05) is 18.2 Å². The molecule has 0 N–H and O–H groups in total. The number of hydrogen-bond donors (Lipinski definition) is 0. The zero-order chi connectivity index (χ0) is 12.5. The third-order valence-electron chi connectivity index (χ3n) is 3.51. The number of hydrogen-bond acceptors (Lipinski definition) is 3. The van der Waals surface area contributed by atoms with Gasteiger partial charge in [-0.1, -0.05) is 19.1 Å². The van der Waals surface area contributed by atoms with Crippen molar-refractivity contribution >= 4 is 0 Å². The van der Waals surface area contributed by atoms with Crippen molar-refractivity contribution in [2.75, 3.05) is 7.11 Å². The van der Waals surface area contributed by atoms with Crippen LogP contribution in [0, 0.1) is 5.92 Å². The molecule has 0 aliphatic carbocycles. The second-order valence-electron chi connectivity index (χ2n) is 4.93. The first-order valence-corrected chi connectivity index (χ1v) is 6.34. The predicted molar refractivity (Wildman–Crippen MR) is 69.5 cm³/mol. The maximum Gasteiger partial charge on any atom is 0.164 e. The average molecular weight is 243 g/mol. The van der Waals surface area contributed by atoms with Crippen LogP contribution in [-0.4, -0.2) is 21.9 Å². The molecule has 1 unspecified atom stereocenters. The van der Waals surface area contributed by atoms with Crippen molar-refractivity contribution in [3.63, 3.8) is 0 Å². The van der Waals surface area contributed by atoms with Gasteiger partial charge in [0, 0.05) is 18.5 Å². The molecule has 18 heavy (non-hydrogen) atoms. The molecule has 1 aliphatic rings. The van der Waals surface area contributed by atoms with E-state index in [9.17, 15) is 0 Å². The molecule has 94 valence electrons. The molecule has 1 aliphatic heterocycles. The van der Waals surface area contributed by atoms with Gasteiger partial charge in [-0.25, -0.2) is 0 Å². The second kappa shape index (κ2) is 4.44. The van der Waals surface area contributed by atoms with Crippen LogP contribution in [0.25, 0.3) is 11.4 Å². The SMILES string of the molecule is COc1cccc(-c2nnc3n2CC(C)CC3)c1. The quantitative estimate of drug-likeness (QED) is 0.813. The van der Waals surface area contributed by atoms with Gasteiger partial charge in [-0.05, 0) is 24.5 Å². The Hall–Kier alpha value is -1.84. The summed E-state index contributed by atoms with van der Waals surface area (Å²) in [5.74, 6) is 3.60. The lowest BCUT2D eigenvalue weighted by atomic mass is 10.0. The van der Waals surface area contributed by atoms with Crippen LogP contribution in [0.1, 0.15) is 19.2 Å². The largest absolute Gasteiger partial charge is 0.497 e. The molecule has 2 aromatic rings. The predicted octanol–water partition coefficient (Wildman–Crippen LogP) is 2.54. The van der Waals surface area contributed by atoms with Gasteiger partial charge in [-0.3, -0.25) is 0 Å². The lowest BCUT2D eigenvalue weighted by Gasteiger charge is -2.20. The Labute approximate surface area is 107 Å². The molecule has 0 fully saturated rings. The number of rotatable bonds is 2. The van der Waals surface area contributed by atoms with Crippen molar-refractivity contribution in [2.45, 2.75) is 26.3 Å². The first-order valence-electron chi connectivity index (χ1n) is 6.34. The molecular formula is C14H17N3O. The van der Waals surface area contributed by atoms with E-state index in [1.54, 1.807) is 7.11 Å². The highest BCUT2D eigenvalue weighted by Gasteiger charge is 2.20. The highest BCUT2D eigenvalue weighted by Crippen LogP contribution is 2.27. The smallest absolute Gasteiger partial charge is 0.164 e. The highest BCUT2D eigenvalue weighted by molar-refractivity contribution is 5.58. The first-order chi connectivity index (χ1) is 8.78. The standard InChI is InChI=1S/C14H17N3O/c1-10-6-7-13-15-16-14(17(13)9-10)11-4-3-5-12(8-11)18-2/h3-5,8,10H,6-7,9H2,1-2H3. The molecule has 4 nitrogen and oxygen atoms in total. The summed E-state index contributed by atoms with van der Waals surface area (Å²) in [6.45, 7) is 3.28. The molecule has 0 saturated carbocycles. The summed E-state index contributed by atoms with van der Waals surface area (Å²) in [6.07, 6.45) is 2.23.